The van der Waals surface area contributed by atoms with Gasteiger partial charge in [0.05, 0.1) is 0 Å². The van der Waals surface area contributed by atoms with E-state index in [9.17, 15) is 4.79 Å². The minimum atomic E-state index is 0.00491. The first-order chi connectivity index (χ1) is 10.4. The van der Waals surface area contributed by atoms with E-state index in [-0.39, 0.29) is 5.78 Å². The summed E-state index contributed by atoms with van der Waals surface area (Å²) in [4.78, 5) is 13.0. The van der Waals surface area contributed by atoms with Crippen LogP contribution in [-0.4, -0.2) is 5.78 Å². The van der Waals surface area contributed by atoms with Gasteiger partial charge in [0.1, 0.15) is 0 Å². The molecule has 0 radical (unpaired) electrons. The van der Waals surface area contributed by atoms with Crippen LogP contribution < -0.4 is 0 Å². The van der Waals surface area contributed by atoms with Crippen LogP contribution in [-0.2, 0) is 10.7 Å². The summed E-state index contributed by atoms with van der Waals surface area (Å²) in [5.74, 6) is 0.00491. The molecule has 0 saturated heterocycles. The van der Waals surface area contributed by atoms with E-state index in [2.05, 4.69) is 95.6 Å². The molecule has 2 aromatic carbocycles. The fourth-order valence-corrected chi connectivity index (χ4v) is 5.65. The van der Waals surface area contributed by atoms with Crippen LogP contribution in [0.25, 0.3) is 0 Å². The van der Waals surface area contributed by atoms with Crippen molar-refractivity contribution < 1.29 is 4.79 Å². The Hall–Kier alpha value is 0.990. The Bertz CT molecular complexity index is 680. The summed E-state index contributed by atoms with van der Waals surface area (Å²) in [6, 6.07) is 7.46. The Kier molecular flexibility index (Phi) is 7.36. The lowest BCUT2D eigenvalue weighted by Gasteiger charge is -2.14. The minimum Gasteiger partial charge on any atom is -0.289 e. The molecular formula is C15H8Br6O. The molecule has 0 aliphatic rings. The second-order valence-corrected chi connectivity index (χ2v) is 8.79. The predicted octanol–water partition coefficient (Wildman–Crippen LogP) is 7.76. The zero-order valence-corrected chi connectivity index (χ0v) is 20.4. The molecule has 116 valence electrons. The van der Waals surface area contributed by atoms with E-state index in [4.69, 9.17) is 0 Å². The monoisotopic (exact) mass is 678 g/mol. The number of benzene rings is 2. The number of alkyl halides is 2. The molecule has 0 spiro atoms. The van der Waals surface area contributed by atoms with Crippen LogP contribution in [0.3, 0.4) is 0 Å². The van der Waals surface area contributed by atoms with Crippen molar-refractivity contribution in [2.45, 2.75) is 10.7 Å². The Labute approximate surface area is 179 Å². The average Bonchev–Trinajstić information content (AvgIpc) is 2.51. The lowest BCUT2D eigenvalue weighted by atomic mass is 9.96. The number of halogens is 6. The van der Waals surface area contributed by atoms with Crippen LogP contribution >= 0.6 is 95.6 Å². The third-order valence-electron chi connectivity index (χ3n) is 3.15. The standard InChI is InChI=1S/C15H8Br6O/c16-5-9-7(1-3-11(18)13(9)20)15(22)8-2-4-12(19)14(21)10(8)6-17/h1-4H,5-6H2. The zero-order chi connectivity index (χ0) is 16.4. The molecule has 2 rings (SSSR count). The molecule has 0 fully saturated rings. The molecule has 2 aromatic rings. The lowest BCUT2D eigenvalue weighted by Crippen LogP contribution is -2.09. The number of ketones is 1. The van der Waals surface area contributed by atoms with Gasteiger partial charge in [-0.2, -0.15) is 0 Å². The Morgan fingerprint density at radius 2 is 1.09 bits per heavy atom. The van der Waals surface area contributed by atoms with Crippen molar-refractivity contribution in [1.29, 1.82) is 0 Å². The number of hydrogen-bond acceptors (Lipinski definition) is 1. The van der Waals surface area contributed by atoms with Crippen molar-refractivity contribution in [2.75, 3.05) is 0 Å². The van der Waals surface area contributed by atoms with Crippen LogP contribution in [0.2, 0.25) is 0 Å². The van der Waals surface area contributed by atoms with Gasteiger partial charge in [0.15, 0.2) is 5.78 Å². The van der Waals surface area contributed by atoms with Crippen molar-refractivity contribution in [1.82, 2.24) is 0 Å². The summed E-state index contributed by atoms with van der Waals surface area (Å²) in [7, 11) is 0. The summed E-state index contributed by atoms with van der Waals surface area (Å²) in [6.07, 6.45) is 0. The fraction of sp³-hybridized carbons (Fsp3) is 0.133. The van der Waals surface area contributed by atoms with Crippen LogP contribution in [0.1, 0.15) is 27.0 Å². The number of carbonyl (C=O) groups excluding carboxylic acids is 1. The highest BCUT2D eigenvalue weighted by Gasteiger charge is 2.21. The number of carbonyl (C=O) groups is 1. The van der Waals surface area contributed by atoms with Crippen molar-refractivity contribution in [2.24, 2.45) is 0 Å². The van der Waals surface area contributed by atoms with Gasteiger partial charge in [-0.1, -0.05) is 31.9 Å². The van der Waals surface area contributed by atoms with E-state index in [0.29, 0.717) is 21.8 Å². The molecule has 0 unspecified atom stereocenters. The molecule has 0 atom stereocenters. The Morgan fingerprint density at radius 3 is 1.41 bits per heavy atom. The van der Waals surface area contributed by atoms with Crippen molar-refractivity contribution in [3.05, 3.63) is 64.4 Å². The number of rotatable bonds is 4. The topological polar surface area (TPSA) is 17.1 Å². The quantitative estimate of drug-likeness (QED) is 0.238. The zero-order valence-electron chi connectivity index (χ0n) is 10.9. The molecule has 1 nitrogen and oxygen atoms in total. The van der Waals surface area contributed by atoms with E-state index < -0.39 is 0 Å². The Morgan fingerprint density at radius 1 is 0.727 bits per heavy atom. The molecule has 0 aliphatic carbocycles. The summed E-state index contributed by atoms with van der Waals surface area (Å²) in [6.45, 7) is 0. The van der Waals surface area contributed by atoms with Gasteiger partial charge in [0.2, 0.25) is 0 Å². The third-order valence-corrected chi connectivity index (χ3v) is 8.47. The van der Waals surface area contributed by atoms with Gasteiger partial charge in [-0.05, 0) is 99.1 Å². The largest absolute Gasteiger partial charge is 0.289 e. The second-order valence-electron chi connectivity index (χ2n) is 4.37. The van der Waals surface area contributed by atoms with Gasteiger partial charge >= 0.3 is 0 Å². The first-order valence-corrected chi connectivity index (χ1v) is 11.4. The van der Waals surface area contributed by atoms with E-state index in [1.165, 1.54) is 0 Å². The van der Waals surface area contributed by atoms with E-state index in [1.54, 1.807) is 0 Å². The van der Waals surface area contributed by atoms with Crippen LogP contribution in [0, 0.1) is 0 Å². The Balaban J connectivity index is 2.64. The molecule has 7 heteroatoms. The molecule has 0 heterocycles. The maximum absolute atomic E-state index is 13.0. The maximum atomic E-state index is 13.0. The van der Waals surface area contributed by atoms with Crippen molar-refractivity contribution in [3.8, 4) is 0 Å². The molecule has 0 N–H and O–H groups in total. The van der Waals surface area contributed by atoms with E-state index in [0.717, 1.165) is 29.0 Å². The summed E-state index contributed by atoms with van der Waals surface area (Å²) in [5, 5.41) is 1.19. The minimum absolute atomic E-state index is 0.00491. The highest BCUT2D eigenvalue weighted by molar-refractivity contribution is 9.13. The highest BCUT2D eigenvalue weighted by Crippen LogP contribution is 2.35. The molecule has 0 amide bonds. The van der Waals surface area contributed by atoms with Gasteiger partial charge < -0.3 is 0 Å². The molecule has 0 aliphatic heterocycles. The molecule has 0 bridgehead atoms. The molecule has 0 aromatic heterocycles. The van der Waals surface area contributed by atoms with Crippen LogP contribution in [0.5, 0.6) is 0 Å². The smallest absolute Gasteiger partial charge is 0.193 e. The van der Waals surface area contributed by atoms with Crippen LogP contribution in [0.4, 0.5) is 0 Å². The maximum Gasteiger partial charge on any atom is 0.193 e. The molecule has 22 heavy (non-hydrogen) atoms. The van der Waals surface area contributed by atoms with Gasteiger partial charge in [0.25, 0.3) is 0 Å². The van der Waals surface area contributed by atoms with Crippen molar-refractivity contribution >= 4 is 101 Å². The number of hydrogen-bond donors (Lipinski definition) is 0. The molecular weight excluding hydrogens is 676 g/mol. The normalized spacial score (nSPS) is 10.8. The van der Waals surface area contributed by atoms with Gasteiger partial charge in [-0.15, -0.1) is 0 Å². The van der Waals surface area contributed by atoms with Gasteiger partial charge in [0, 0.05) is 39.7 Å². The second kappa shape index (κ2) is 8.39. The first-order valence-electron chi connectivity index (χ1n) is 6.02. The van der Waals surface area contributed by atoms with E-state index >= 15 is 0 Å². The predicted molar refractivity (Wildman–Crippen MR) is 112 cm³/mol. The lowest BCUT2D eigenvalue weighted by molar-refractivity contribution is 0.103. The fourth-order valence-electron chi connectivity index (χ4n) is 2.02. The van der Waals surface area contributed by atoms with Crippen molar-refractivity contribution in [3.63, 3.8) is 0 Å². The third kappa shape index (κ3) is 3.80. The SMILES string of the molecule is O=C(c1ccc(Br)c(Br)c1CBr)c1ccc(Br)c(Br)c1CBr. The van der Waals surface area contributed by atoms with Crippen LogP contribution in [0.15, 0.2) is 42.2 Å². The van der Waals surface area contributed by atoms with Gasteiger partial charge in [-0.25, -0.2) is 0 Å². The highest BCUT2D eigenvalue weighted by atomic mass is 79.9. The molecule has 0 saturated carbocycles. The van der Waals surface area contributed by atoms with Gasteiger partial charge in [-0.3, -0.25) is 4.79 Å². The summed E-state index contributed by atoms with van der Waals surface area (Å²) in [5.41, 5.74) is 3.23. The summed E-state index contributed by atoms with van der Waals surface area (Å²) >= 11 is 21.0. The average molecular weight is 684 g/mol. The summed E-state index contributed by atoms with van der Waals surface area (Å²) < 4.78 is 3.64. The first kappa shape index (κ1) is 19.3. The van der Waals surface area contributed by atoms with E-state index in [1.807, 2.05) is 24.3 Å².